The molecule has 2 rings (SSSR count). The Morgan fingerprint density at radius 2 is 2.23 bits per heavy atom. The van der Waals surface area contributed by atoms with Crippen molar-refractivity contribution >= 4 is 0 Å². The number of para-hydroxylation sites is 1. The number of fused-ring (bicyclic) bond motifs is 1. The van der Waals surface area contributed by atoms with Crippen LogP contribution in [0.15, 0.2) is 24.3 Å². The van der Waals surface area contributed by atoms with Crippen LogP contribution in [0.2, 0.25) is 0 Å². The predicted octanol–water partition coefficient (Wildman–Crippen LogP) is 1.61. The summed E-state index contributed by atoms with van der Waals surface area (Å²) in [7, 11) is 0. The zero-order chi connectivity index (χ0) is 9.26. The fourth-order valence-corrected chi connectivity index (χ4v) is 1.46. The molecule has 0 aliphatic carbocycles. The summed E-state index contributed by atoms with van der Waals surface area (Å²) in [5.74, 6) is 0.649. The fourth-order valence-electron chi connectivity index (χ4n) is 1.46. The molecule has 1 heterocycles. The highest BCUT2D eigenvalue weighted by molar-refractivity contribution is 5.34. The largest absolute Gasteiger partial charge is 0.430 e. The van der Waals surface area contributed by atoms with Crippen molar-refractivity contribution in [3.63, 3.8) is 0 Å². The van der Waals surface area contributed by atoms with Crippen molar-refractivity contribution in [3.05, 3.63) is 39.9 Å². The number of nitrogens with zero attached hydrogens (tertiary/aromatic N) is 1. The van der Waals surface area contributed by atoms with Gasteiger partial charge in [-0.1, -0.05) is 18.2 Å². The summed E-state index contributed by atoms with van der Waals surface area (Å²) in [6.45, 7) is 0. The third-order valence-electron chi connectivity index (χ3n) is 2.13. The van der Waals surface area contributed by atoms with E-state index in [-0.39, 0.29) is 4.92 Å². The van der Waals surface area contributed by atoms with Crippen molar-refractivity contribution in [1.82, 2.24) is 0 Å². The minimum Gasteiger partial charge on any atom is -0.430 e. The molecule has 0 spiro atoms. The van der Waals surface area contributed by atoms with Gasteiger partial charge in [-0.2, -0.15) is 0 Å². The number of rotatable bonds is 1. The summed E-state index contributed by atoms with van der Waals surface area (Å²) in [6.07, 6.45) is 0.321. The normalized spacial score (nSPS) is 20.2. The van der Waals surface area contributed by atoms with Gasteiger partial charge in [-0.25, -0.2) is 0 Å². The third-order valence-corrected chi connectivity index (χ3v) is 2.13. The summed E-state index contributed by atoms with van der Waals surface area (Å²) in [6, 6.07) is 7.44. The van der Waals surface area contributed by atoms with E-state index in [1.807, 2.05) is 18.2 Å². The summed E-state index contributed by atoms with van der Waals surface area (Å²) in [4.78, 5) is 10.1. The molecule has 4 nitrogen and oxygen atoms in total. The second-order valence-corrected chi connectivity index (χ2v) is 3.00. The van der Waals surface area contributed by atoms with Crippen LogP contribution in [0.4, 0.5) is 0 Å². The second kappa shape index (κ2) is 3.05. The molecule has 0 N–H and O–H groups in total. The van der Waals surface area contributed by atoms with Crippen LogP contribution >= 0.6 is 0 Å². The molecular formula is C9H9NO3. The van der Waals surface area contributed by atoms with Crippen molar-refractivity contribution in [2.45, 2.75) is 19.1 Å². The Hall–Kier alpha value is -1.58. The average Bonchev–Trinajstić information content (AvgIpc) is 2.17. The van der Waals surface area contributed by atoms with Gasteiger partial charge in [0, 0.05) is 0 Å². The summed E-state index contributed by atoms with van der Waals surface area (Å²) >= 11 is 0. The highest BCUT2D eigenvalue weighted by Gasteiger charge is 2.27. The van der Waals surface area contributed by atoms with E-state index >= 15 is 0 Å². The van der Waals surface area contributed by atoms with E-state index in [0.29, 0.717) is 12.2 Å². The Balaban J connectivity index is 2.24. The molecule has 0 amide bonds. The molecule has 1 aliphatic rings. The van der Waals surface area contributed by atoms with Crippen molar-refractivity contribution in [1.29, 1.82) is 0 Å². The first-order chi connectivity index (χ1) is 6.27. The van der Waals surface area contributed by atoms with Crippen LogP contribution in [0.25, 0.3) is 0 Å². The number of nitro groups is 1. The lowest BCUT2D eigenvalue weighted by atomic mass is 10.1. The van der Waals surface area contributed by atoms with Crippen molar-refractivity contribution in [3.8, 4) is 5.75 Å². The third kappa shape index (κ3) is 1.47. The molecular weight excluding hydrogens is 170 g/mol. The van der Waals surface area contributed by atoms with Gasteiger partial charge in [-0.15, -0.1) is 0 Å². The molecule has 4 heteroatoms. The quantitative estimate of drug-likeness (QED) is 0.486. The zero-order valence-electron chi connectivity index (χ0n) is 6.97. The lowest BCUT2D eigenvalue weighted by Gasteiger charge is -2.19. The first-order valence-corrected chi connectivity index (χ1v) is 4.15. The van der Waals surface area contributed by atoms with Gasteiger partial charge < -0.3 is 4.74 Å². The van der Waals surface area contributed by atoms with Crippen molar-refractivity contribution < 1.29 is 9.66 Å². The molecule has 1 unspecified atom stereocenters. The molecule has 1 aromatic carbocycles. The Morgan fingerprint density at radius 3 is 3.00 bits per heavy atom. The van der Waals surface area contributed by atoms with Gasteiger partial charge in [0.15, 0.2) is 0 Å². The van der Waals surface area contributed by atoms with Crippen LogP contribution in [0.1, 0.15) is 12.0 Å². The van der Waals surface area contributed by atoms with E-state index in [1.54, 1.807) is 6.07 Å². The van der Waals surface area contributed by atoms with Gasteiger partial charge in [0.25, 0.3) is 0 Å². The fraction of sp³-hybridized carbons (Fsp3) is 0.333. The molecule has 0 saturated heterocycles. The van der Waals surface area contributed by atoms with Crippen LogP contribution < -0.4 is 4.74 Å². The maximum absolute atomic E-state index is 10.4. The van der Waals surface area contributed by atoms with Gasteiger partial charge in [0.2, 0.25) is 0 Å². The van der Waals surface area contributed by atoms with E-state index in [0.717, 1.165) is 12.0 Å². The lowest BCUT2D eigenvalue weighted by molar-refractivity contribution is -0.564. The number of hydrogen-bond acceptors (Lipinski definition) is 3. The maximum Gasteiger partial charge on any atom is 0.354 e. The van der Waals surface area contributed by atoms with E-state index in [1.165, 1.54) is 0 Å². The number of hydrogen-bond donors (Lipinski definition) is 0. The monoisotopic (exact) mass is 179 g/mol. The SMILES string of the molecule is O=[N+]([O-])C1CCc2ccccc2O1. The Bertz CT molecular complexity index is 337. The topological polar surface area (TPSA) is 52.4 Å². The predicted molar refractivity (Wildman–Crippen MR) is 46.2 cm³/mol. The second-order valence-electron chi connectivity index (χ2n) is 3.00. The Morgan fingerprint density at radius 1 is 1.46 bits per heavy atom. The van der Waals surface area contributed by atoms with Gasteiger partial charge >= 0.3 is 6.23 Å². The highest BCUT2D eigenvalue weighted by atomic mass is 16.7. The van der Waals surface area contributed by atoms with E-state index < -0.39 is 6.23 Å². The summed E-state index contributed by atoms with van der Waals surface area (Å²) in [5, 5.41) is 10.4. The molecule has 0 bridgehead atoms. The van der Waals surface area contributed by atoms with E-state index in [2.05, 4.69) is 0 Å². The van der Waals surface area contributed by atoms with Crippen LogP contribution in [-0.4, -0.2) is 11.2 Å². The standard InChI is InChI=1S/C9H9NO3/c11-10(12)9-6-5-7-3-1-2-4-8(7)13-9/h1-4,9H,5-6H2. The molecule has 0 saturated carbocycles. The van der Waals surface area contributed by atoms with E-state index in [9.17, 15) is 10.1 Å². The van der Waals surface area contributed by atoms with Crippen LogP contribution in [0.3, 0.4) is 0 Å². The van der Waals surface area contributed by atoms with Crippen molar-refractivity contribution in [2.75, 3.05) is 0 Å². The molecule has 0 aromatic heterocycles. The number of aryl methyl sites for hydroxylation is 1. The summed E-state index contributed by atoms with van der Waals surface area (Å²) < 4.78 is 5.19. The molecule has 0 radical (unpaired) electrons. The molecule has 1 atom stereocenters. The Labute approximate surface area is 75.3 Å². The average molecular weight is 179 g/mol. The smallest absolute Gasteiger partial charge is 0.354 e. The number of benzene rings is 1. The van der Waals surface area contributed by atoms with Crippen molar-refractivity contribution in [2.24, 2.45) is 0 Å². The molecule has 1 aliphatic heterocycles. The molecule has 13 heavy (non-hydrogen) atoms. The lowest BCUT2D eigenvalue weighted by Crippen LogP contribution is -2.30. The van der Waals surface area contributed by atoms with Crippen LogP contribution in [-0.2, 0) is 6.42 Å². The minimum atomic E-state index is -0.866. The minimum absolute atomic E-state index is 0.379. The molecule has 1 aromatic rings. The van der Waals surface area contributed by atoms with Gasteiger partial charge in [0.05, 0.1) is 11.3 Å². The zero-order valence-corrected chi connectivity index (χ0v) is 6.97. The highest BCUT2D eigenvalue weighted by Crippen LogP contribution is 2.26. The molecule has 0 fully saturated rings. The van der Waals surface area contributed by atoms with Gasteiger partial charge in [-0.3, -0.25) is 10.1 Å². The molecule has 68 valence electrons. The first-order valence-electron chi connectivity index (χ1n) is 4.15. The van der Waals surface area contributed by atoms with Gasteiger partial charge in [-0.05, 0) is 18.1 Å². The first kappa shape index (κ1) is 8.04. The van der Waals surface area contributed by atoms with Crippen LogP contribution in [0.5, 0.6) is 5.75 Å². The van der Waals surface area contributed by atoms with Gasteiger partial charge in [0.1, 0.15) is 5.75 Å². The summed E-state index contributed by atoms with van der Waals surface area (Å²) in [5.41, 5.74) is 1.06. The Kier molecular flexibility index (Phi) is 1.88. The van der Waals surface area contributed by atoms with Crippen LogP contribution in [0, 0.1) is 10.1 Å². The number of ether oxygens (including phenoxy) is 1. The maximum atomic E-state index is 10.4. The van der Waals surface area contributed by atoms with E-state index in [4.69, 9.17) is 4.74 Å².